The standard InChI is InChI=1S/C11H17N3O2/c1-8(15)9-4-5-13-10(6-9)14(3)7-11(16)12-2/h4-6,8,15H,7H2,1-3H3,(H,12,16)/t8-/m1/s1. The van der Waals surface area contributed by atoms with E-state index < -0.39 is 6.10 Å². The van der Waals surface area contributed by atoms with E-state index in [4.69, 9.17) is 0 Å². The van der Waals surface area contributed by atoms with Gasteiger partial charge in [0, 0.05) is 20.3 Å². The molecule has 16 heavy (non-hydrogen) atoms. The van der Waals surface area contributed by atoms with Crippen molar-refractivity contribution in [3.05, 3.63) is 23.9 Å². The van der Waals surface area contributed by atoms with E-state index in [1.807, 2.05) is 0 Å². The van der Waals surface area contributed by atoms with Crippen LogP contribution in [0.2, 0.25) is 0 Å². The Morgan fingerprint density at radius 1 is 1.69 bits per heavy atom. The molecule has 0 fully saturated rings. The van der Waals surface area contributed by atoms with Crippen molar-refractivity contribution in [2.24, 2.45) is 0 Å². The molecular weight excluding hydrogens is 206 g/mol. The second-order valence-corrected chi connectivity index (χ2v) is 3.65. The number of aliphatic hydroxyl groups excluding tert-OH is 1. The maximum absolute atomic E-state index is 11.2. The lowest BCUT2D eigenvalue weighted by Crippen LogP contribution is -2.33. The number of amides is 1. The van der Waals surface area contributed by atoms with Crippen LogP contribution in [0.25, 0.3) is 0 Å². The number of carbonyl (C=O) groups is 1. The highest BCUT2D eigenvalue weighted by atomic mass is 16.3. The van der Waals surface area contributed by atoms with Crippen molar-refractivity contribution in [1.82, 2.24) is 10.3 Å². The number of carbonyl (C=O) groups excluding carboxylic acids is 1. The molecule has 0 aliphatic heterocycles. The van der Waals surface area contributed by atoms with E-state index in [-0.39, 0.29) is 12.5 Å². The summed E-state index contributed by atoms with van der Waals surface area (Å²) in [6.45, 7) is 1.94. The molecule has 1 rings (SSSR count). The van der Waals surface area contributed by atoms with Crippen LogP contribution in [-0.2, 0) is 4.79 Å². The molecule has 1 atom stereocenters. The van der Waals surface area contributed by atoms with Gasteiger partial charge in [-0.2, -0.15) is 0 Å². The zero-order chi connectivity index (χ0) is 12.1. The molecule has 0 aliphatic carbocycles. The number of rotatable bonds is 4. The van der Waals surface area contributed by atoms with Crippen molar-refractivity contribution in [2.45, 2.75) is 13.0 Å². The van der Waals surface area contributed by atoms with E-state index >= 15 is 0 Å². The van der Waals surface area contributed by atoms with Crippen molar-refractivity contribution in [3.8, 4) is 0 Å². The molecule has 0 spiro atoms. The third kappa shape index (κ3) is 3.20. The van der Waals surface area contributed by atoms with Crippen LogP contribution in [-0.4, -0.2) is 36.6 Å². The minimum absolute atomic E-state index is 0.0771. The smallest absolute Gasteiger partial charge is 0.239 e. The average Bonchev–Trinajstić information content (AvgIpc) is 2.28. The number of hydrogen-bond acceptors (Lipinski definition) is 4. The Morgan fingerprint density at radius 2 is 2.38 bits per heavy atom. The first-order valence-electron chi connectivity index (χ1n) is 5.10. The highest BCUT2D eigenvalue weighted by Crippen LogP contribution is 2.16. The van der Waals surface area contributed by atoms with E-state index in [1.165, 1.54) is 0 Å². The maximum atomic E-state index is 11.2. The summed E-state index contributed by atoms with van der Waals surface area (Å²) in [5.41, 5.74) is 0.786. The summed E-state index contributed by atoms with van der Waals surface area (Å²) < 4.78 is 0. The fraction of sp³-hybridized carbons (Fsp3) is 0.455. The molecule has 2 N–H and O–H groups in total. The van der Waals surface area contributed by atoms with E-state index in [9.17, 15) is 9.90 Å². The number of aliphatic hydroxyl groups is 1. The summed E-state index contributed by atoms with van der Waals surface area (Å²) in [6, 6.07) is 3.52. The number of pyridine rings is 1. The lowest BCUT2D eigenvalue weighted by Gasteiger charge is -2.18. The largest absolute Gasteiger partial charge is 0.389 e. The van der Waals surface area contributed by atoms with Gasteiger partial charge in [-0.05, 0) is 24.6 Å². The zero-order valence-electron chi connectivity index (χ0n) is 9.77. The second-order valence-electron chi connectivity index (χ2n) is 3.65. The topological polar surface area (TPSA) is 65.5 Å². The van der Waals surface area contributed by atoms with Crippen molar-refractivity contribution in [2.75, 3.05) is 25.5 Å². The van der Waals surface area contributed by atoms with Gasteiger partial charge < -0.3 is 15.3 Å². The van der Waals surface area contributed by atoms with E-state index in [2.05, 4.69) is 10.3 Å². The Bertz CT molecular complexity index is 366. The number of anilines is 1. The molecular formula is C11H17N3O2. The molecule has 0 bridgehead atoms. The van der Waals surface area contributed by atoms with Gasteiger partial charge in [0.05, 0.1) is 12.6 Å². The molecule has 88 valence electrons. The van der Waals surface area contributed by atoms with Gasteiger partial charge in [-0.15, -0.1) is 0 Å². The van der Waals surface area contributed by atoms with Crippen molar-refractivity contribution >= 4 is 11.7 Å². The number of nitrogens with zero attached hydrogens (tertiary/aromatic N) is 2. The lowest BCUT2D eigenvalue weighted by molar-refractivity contribution is -0.119. The third-order valence-corrected chi connectivity index (χ3v) is 2.30. The van der Waals surface area contributed by atoms with Gasteiger partial charge in [0.15, 0.2) is 0 Å². The van der Waals surface area contributed by atoms with Gasteiger partial charge in [0.2, 0.25) is 5.91 Å². The van der Waals surface area contributed by atoms with Gasteiger partial charge in [-0.1, -0.05) is 0 Å². The van der Waals surface area contributed by atoms with Gasteiger partial charge in [0.1, 0.15) is 5.82 Å². The predicted molar refractivity (Wildman–Crippen MR) is 62.2 cm³/mol. The summed E-state index contributed by atoms with van der Waals surface area (Å²) >= 11 is 0. The van der Waals surface area contributed by atoms with Crippen molar-refractivity contribution in [1.29, 1.82) is 0 Å². The van der Waals surface area contributed by atoms with Crippen LogP contribution >= 0.6 is 0 Å². The molecule has 1 amide bonds. The predicted octanol–water partition coefficient (Wildman–Crippen LogP) is 0.317. The minimum atomic E-state index is -0.532. The average molecular weight is 223 g/mol. The fourth-order valence-electron chi connectivity index (χ4n) is 1.28. The Balaban J connectivity index is 2.79. The molecule has 0 saturated carbocycles. The molecule has 1 heterocycles. The quantitative estimate of drug-likeness (QED) is 0.771. The molecule has 5 heteroatoms. The maximum Gasteiger partial charge on any atom is 0.239 e. The molecule has 1 aromatic heterocycles. The molecule has 0 aliphatic rings. The fourth-order valence-corrected chi connectivity index (χ4v) is 1.28. The SMILES string of the molecule is CNC(=O)CN(C)c1cc([C@@H](C)O)ccn1. The zero-order valence-corrected chi connectivity index (χ0v) is 9.77. The number of hydrogen-bond donors (Lipinski definition) is 2. The number of nitrogens with one attached hydrogen (secondary N) is 1. The van der Waals surface area contributed by atoms with Crippen molar-refractivity contribution in [3.63, 3.8) is 0 Å². The van der Waals surface area contributed by atoms with E-state index in [0.717, 1.165) is 5.56 Å². The molecule has 0 unspecified atom stereocenters. The van der Waals surface area contributed by atoms with Crippen LogP contribution in [0.4, 0.5) is 5.82 Å². The van der Waals surface area contributed by atoms with Crippen LogP contribution in [0.5, 0.6) is 0 Å². The molecule has 5 nitrogen and oxygen atoms in total. The van der Waals surface area contributed by atoms with Gasteiger partial charge in [-0.25, -0.2) is 4.98 Å². The third-order valence-electron chi connectivity index (χ3n) is 2.30. The first kappa shape index (κ1) is 12.4. The van der Waals surface area contributed by atoms with Gasteiger partial charge >= 0.3 is 0 Å². The Labute approximate surface area is 95.1 Å². The summed E-state index contributed by atoms with van der Waals surface area (Å²) in [7, 11) is 3.37. The van der Waals surface area contributed by atoms with Crippen LogP contribution in [0.3, 0.4) is 0 Å². The highest BCUT2D eigenvalue weighted by Gasteiger charge is 2.09. The van der Waals surface area contributed by atoms with E-state index in [1.54, 1.807) is 44.2 Å². The Kier molecular flexibility index (Phi) is 4.25. The second kappa shape index (κ2) is 5.46. The van der Waals surface area contributed by atoms with Crippen LogP contribution in [0.1, 0.15) is 18.6 Å². The molecule has 0 aromatic carbocycles. The number of likely N-dealkylation sites (N-methyl/N-ethyl adjacent to an activating group) is 2. The van der Waals surface area contributed by atoms with Gasteiger partial charge in [-0.3, -0.25) is 4.79 Å². The summed E-state index contributed by atoms with van der Waals surface area (Å²) in [6.07, 6.45) is 1.09. The summed E-state index contributed by atoms with van der Waals surface area (Å²) in [5.74, 6) is 0.591. The van der Waals surface area contributed by atoms with Crippen molar-refractivity contribution < 1.29 is 9.90 Å². The molecule has 0 radical (unpaired) electrons. The van der Waals surface area contributed by atoms with Crippen LogP contribution in [0, 0.1) is 0 Å². The Hall–Kier alpha value is -1.62. The summed E-state index contributed by atoms with van der Waals surface area (Å²) in [4.78, 5) is 17.1. The monoisotopic (exact) mass is 223 g/mol. The Morgan fingerprint density at radius 3 is 2.94 bits per heavy atom. The van der Waals surface area contributed by atoms with Crippen LogP contribution < -0.4 is 10.2 Å². The first-order chi connectivity index (χ1) is 7.54. The summed E-state index contributed by atoms with van der Waals surface area (Å²) in [5, 5.41) is 12.0. The minimum Gasteiger partial charge on any atom is -0.389 e. The van der Waals surface area contributed by atoms with E-state index in [0.29, 0.717) is 5.82 Å². The number of aromatic nitrogens is 1. The highest BCUT2D eigenvalue weighted by molar-refractivity contribution is 5.80. The van der Waals surface area contributed by atoms with Crippen LogP contribution in [0.15, 0.2) is 18.3 Å². The van der Waals surface area contributed by atoms with Gasteiger partial charge in [0.25, 0.3) is 0 Å². The molecule has 0 saturated heterocycles. The molecule has 1 aromatic rings. The lowest BCUT2D eigenvalue weighted by atomic mass is 10.2. The normalized spacial score (nSPS) is 12.0. The first-order valence-corrected chi connectivity index (χ1v) is 5.10.